The molecule has 1 amide bonds. The molecule has 2 saturated heterocycles. The van der Waals surface area contributed by atoms with Crippen molar-refractivity contribution in [2.45, 2.75) is 32.7 Å². The summed E-state index contributed by atoms with van der Waals surface area (Å²) >= 11 is 0. The lowest BCUT2D eigenvalue weighted by molar-refractivity contribution is 0.0363. The number of aryl methyl sites for hydroxylation is 1. The second-order valence-electron chi connectivity index (χ2n) is 8.23. The summed E-state index contributed by atoms with van der Waals surface area (Å²) in [5, 5.41) is 2.84. The topological polar surface area (TPSA) is 79.7 Å². The van der Waals surface area contributed by atoms with Crippen LogP contribution in [0.4, 0.5) is 11.5 Å². The molecule has 4 heterocycles. The van der Waals surface area contributed by atoms with Crippen molar-refractivity contribution in [1.29, 1.82) is 0 Å². The van der Waals surface area contributed by atoms with Gasteiger partial charge >= 0.3 is 0 Å². The van der Waals surface area contributed by atoms with Crippen molar-refractivity contribution in [3.8, 4) is 0 Å². The van der Waals surface area contributed by atoms with Gasteiger partial charge in [-0.2, -0.15) is 0 Å². The fourth-order valence-electron chi connectivity index (χ4n) is 4.15. The van der Waals surface area contributed by atoms with Crippen molar-refractivity contribution in [2.75, 3.05) is 56.2 Å². The van der Waals surface area contributed by atoms with Crippen LogP contribution in [0.5, 0.6) is 0 Å². The van der Waals surface area contributed by atoms with Crippen LogP contribution >= 0.6 is 0 Å². The zero-order valence-corrected chi connectivity index (χ0v) is 18.2. The molecular formula is C23H31N5O3. The van der Waals surface area contributed by atoms with Gasteiger partial charge in [0.2, 0.25) is 0 Å². The van der Waals surface area contributed by atoms with Gasteiger partial charge < -0.3 is 19.5 Å². The third-order valence-electron chi connectivity index (χ3n) is 6.05. The van der Waals surface area contributed by atoms with E-state index < -0.39 is 5.91 Å². The molecule has 0 saturated carbocycles. The Morgan fingerprint density at radius 3 is 2.55 bits per heavy atom. The van der Waals surface area contributed by atoms with E-state index in [1.54, 1.807) is 23.9 Å². The lowest BCUT2D eigenvalue weighted by Gasteiger charge is -2.27. The average molecular weight is 426 g/mol. The monoisotopic (exact) mass is 425 g/mol. The van der Waals surface area contributed by atoms with E-state index in [0.717, 1.165) is 51.8 Å². The number of piperidine rings is 1. The molecule has 8 heteroatoms. The molecule has 0 radical (unpaired) electrons. The summed E-state index contributed by atoms with van der Waals surface area (Å²) in [6.07, 6.45) is 7.07. The molecule has 0 spiro atoms. The molecule has 31 heavy (non-hydrogen) atoms. The largest absolute Gasteiger partial charge is 0.379 e. The number of aromatic nitrogens is 2. The first-order chi connectivity index (χ1) is 15.1. The van der Waals surface area contributed by atoms with Crippen molar-refractivity contribution in [3.05, 3.63) is 52.1 Å². The molecule has 0 aromatic carbocycles. The van der Waals surface area contributed by atoms with Gasteiger partial charge in [0.1, 0.15) is 11.4 Å². The molecule has 2 fully saturated rings. The van der Waals surface area contributed by atoms with E-state index in [1.165, 1.54) is 19.3 Å². The highest BCUT2D eigenvalue weighted by atomic mass is 16.5. The van der Waals surface area contributed by atoms with Crippen LogP contribution in [0.25, 0.3) is 0 Å². The van der Waals surface area contributed by atoms with Crippen molar-refractivity contribution < 1.29 is 9.53 Å². The number of nitrogens with zero attached hydrogens (tertiary/aromatic N) is 4. The number of hydrogen-bond donors (Lipinski definition) is 1. The summed E-state index contributed by atoms with van der Waals surface area (Å²) in [5.41, 5.74) is 1.18. The number of carbonyl (C=O) groups excluding carboxylic acids is 1. The Morgan fingerprint density at radius 1 is 1.06 bits per heavy atom. The number of pyridine rings is 2. The Hall–Kier alpha value is -2.71. The van der Waals surface area contributed by atoms with Gasteiger partial charge in [0.05, 0.1) is 25.1 Å². The smallest absolute Gasteiger partial charge is 0.263 e. The third kappa shape index (κ3) is 5.32. The Bertz CT molecular complexity index is 945. The predicted octanol–water partition coefficient (Wildman–Crippen LogP) is 2.13. The van der Waals surface area contributed by atoms with Crippen LogP contribution in [-0.4, -0.2) is 66.3 Å². The molecular weight excluding hydrogens is 394 g/mol. The maximum absolute atomic E-state index is 13.0. The molecule has 2 aliphatic rings. The van der Waals surface area contributed by atoms with Crippen molar-refractivity contribution in [2.24, 2.45) is 0 Å². The van der Waals surface area contributed by atoms with E-state index in [1.807, 2.05) is 18.2 Å². The average Bonchev–Trinajstić information content (AvgIpc) is 2.80. The number of nitrogens with one attached hydrogen (secondary N) is 1. The highest BCUT2D eigenvalue weighted by Crippen LogP contribution is 2.19. The predicted molar refractivity (Wildman–Crippen MR) is 121 cm³/mol. The van der Waals surface area contributed by atoms with E-state index in [4.69, 9.17) is 4.74 Å². The van der Waals surface area contributed by atoms with E-state index in [-0.39, 0.29) is 11.1 Å². The number of anilines is 2. The van der Waals surface area contributed by atoms with Crippen LogP contribution in [0.15, 0.2) is 35.4 Å². The first kappa shape index (κ1) is 21.5. The van der Waals surface area contributed by atoms with Gasteiger partial charge in [-0.3, -0.25) is 14.5 Å². The number of carbonyl (C=O) groups is 1. The van der Waals surface area contributed by atoms with Gasteiger partial charge in [0.25, 0.3) is 11.5 Å². The molecule has 2 aromatic rings. The molecule has 2 aliphatic heterocycles. The van der Waals surface area contributed by atoms with E-state index in [2.05, 4.69) is 20.1 Å². The minimum Gasteiger partial charge on any atom is -0.379 e. The minimum atomic E-state index is -0.393. The summed E-state index contributed by atoms with van der Waals surface area (Å²) < 4.78 is 6.99. The molecule has 0 aliphatic carbocycles. The molecule has 0 atom stereocenters. The number of amides is 1. The van der Waals surface area contributed by atoms with Crippen molar-refractivity contribution in [1.82, 2.24) is 14.5 Å². The zero-order valence-electron chi connectivity index (χ0n) is 18.2. The second-order valence-corrected chi connectivity index (χ2v) is 8.23. The second kappa shape index (κ2) is 10.1. The summed E-state index contributed by atoms with van der Waals surface area (Å²) in [5.74, 6) is 0.537. The lowest BCUT2D eigenvalue weighted by atomic mass is 10.1. The zero-order chi connectivity index (χ0) is 21.6. The van der Waals surface area contributed by atoms with E-state index in [9.17, 15) is 9.59 Å². The minimum absolute atomic E-state index is 0.185. The summed E-state index contributed by atoms with van der Waals surface area (Å²) in [6, 6.07) is 5.61. The van der Waals surface area contributed by atoms with Crippen molar-refractivity contribution >= 4 is 17.4 Å². The molecule has 0 unspecified atom stereocenters. The maximum Gasteiger partial charge on any atom is 0.263 e. The quantitative estimate of drug-likeness (QED) is 0.764. The highest BCUT2D eigenvalue weighted by Gasteiger charge is 2.18. The molecule has 2 aromatic heterocycles. The number of rotatable bonds is 6. The maximum atomic E-state index is 13.0. The van der Waals surface area contributed by atoms with Crippen LogP contribution < -0.4 is 15.8 Å². The van der Waals surface area contributed by atoms with Gasteiger partial charge in [0, 0.05) is 45.5 Å². The summed E-state index contributed by atoms with van der Waals surface area (Å²) in [4.78, 5) is 34.9. The molecule has 4 rings (SSSR count). The molecule has 0 bridgehead atoms. The highest BCUT2D eigenvalue weighted by molar-refractivity contribution is 6.04. The van der Waals surface area contributed by atoms with Crippen LogP contribution in [0.2, 0.25) is 0 Å². The third-order valence-corrected chi connectivity index (χ3v) is 6.05. The number of ether oxygens (including phenoxy) is 1. The Kier molecular flexibility index (Phi) is 6.99. The van der Waals surface area contributed by atoms with E-state index in [0.29, 0.717) is 17.8 Å². The van der Waals surface area contributed by atoms with Gasteiger partial charge in [-0.05, 0) is 49.9 Å². The van der Waals surface area contributed by atoms with Gasteiger partial charge in [0.15, 0.2) is 0 Å². The Labute approximate surface area is 182 Å². The van der Waals surface area contributed by atoms with Crippen LogP contribution in [0.3, 0.4) is 0 Å². The Balaban J connectivity index is 1.43. The first-order valence-electron chi connectivity index (χ1n) is 11.1. The fraction of sp³-hybridized carbons (Fsp3) is 0.522. The number of hydrogen-bond acceptors (Lipinski definition) is 6. The van der Waals surface area contributed by atoms with Gasteiger partial charge in [-0.15, -0.1) is 0 Å². The number of morpholine rings is 1. The van der Waals surface area contributed by atoms with Crippen LogP contribution in [0.1, 0.15) is 35.2 Å². The summed E-state index contributed by atoms with van der Waals surface area (Å²) in [7, 11) is 0. The molecule has 8 nitrogen and oxygen atoms in total. The standard InChI is InChI=1S/C23H31N5O3/c1-18-7-10-28(12-11-26-13-15-31-16-14-26)23(30)21(18)22(29)25-19-5-6-20(24-17-19)27-8-3-2-4-9-27/h5-7,10,17H,2-4,8-9,11-16H2,1H3,(H,25,29). The lowest BCUT2D eigenvalue weighted by Crippen LogP contribution is -2.40. The fourth-order valence-corrected chi connectivity index (χ4v) is 4.15. The molecule has 166 valence electrons. The molecule has 1 N–H and O–H groups in total. The normalized spacial score (nSPS) is 17.5. The van der Waals surface area contributed by atoms with Crippen LogP contribution in [-0.2, 0) is 11.3 Å². The van der Waals surface area contributed by atoms with Gasteiger partial charge in [-0.1, -0.05) is 0 Å². The Morgan fingerprint density at radius 2 is 1.84 bits per heavy atom. The van der Waals surface area contributed by atoms with E-state index >= 15 is 0 Å². The van der Waals surface area contributed by atoms with Crippen LogP contribution in [0, 0.1) is 6.92 Å². The van der Waals surface area contributed by atoms with Gasteiger partial charge in [-0.25, -0.2) is 4.98 Å². The summed E-state index contributed by atoms with van der Waals surface area (Å²) in [6.45, 7) is 8.32. The van der Waals surface area contributed by atoms with Crippen molar-refractivity contribution in [3.63, 3.8) is 0 Å². The SMILES string of the molecule is Cc1ccn(CCN2CCOCC2)c(=O)c1C(=O)Nc1ccc(N2CCCCC2)nc1. The first-order valence-corrected chi connectivity index (χ1v) is 11.1.